The second kappa shape index (κ2) is 1.99. The van der Waals surface area contributed by atoms with E-state index in [9.17, 15) is 0 Å². The van der Waals surface area contributed by atoms with Crippen LogP contribution >= 0.6 is 0 Å². The number of nitrogens with one attached hydrogen (secondary N) is 1. The Balaban J connectivity index is 2.73. The van der Waals surface area contributed by atoms with Gasteiger partial charge < -0.3 is 10.1 Å². The first-order valence-electron chi connectivity index (χ1n) is 3.40. The largest absolute Gasteiger partial charge is 0.389 e. The van der Waals surface area contributed by atoms with Crippen LogP contribution in [0.4, 0.5) is 0 Å². The van der Waals surface area contributed by atoms with E-state index in [0.29, 0.717) is 0 Å². The fraction of sp³-hybridized carbons (Fsp3) is 0.250. The second-order valence-electron chi connectivity index (χ2n) is 2.52. The van der Waals surface area contributed by atoms with Gasteiger partial charge in [-0.2, -0.15) is 0 Å². The van der Waals surface area contributed by atoms with Crippen molar-refractivity contribution in [1.29, 1.82) is 0 Å². The van der Waals surface area contributed by atoms with Crippen LogP contribution in [0.2, 0.25) is 0 Å². The van der Waals surface area contributed by atoms with Crippen LogP contribution in [-0.4, -0.2) is 16.2 Å². The standard InChI is InChI=1S/C8H9NO/c10-7-2-1-6-3-4-9-8(6)5-7/h1,3-5,7,9-10H,2H2. The van der Waals surface area contributed by atoms with Crippen molar-refractivity contribution < 1.29 is 5.11 Å². The normalized spacial score (nSPS) is 22.7. The maximum Gasteiger partial charge on any atom is 0.0778 e. The lowest BCUT2D eigenvalue weighted by atomic mass is 10.1. The van der Waals surface area contributed by atoms with Crippen molar-refractivity contribution in [2.45, 2.75) is 12.5 Å². The van der Waals surface area contributed by atoms with E-state index in [2.05, 4.69) is 4.98 Å². The fourth-order valence-electron chi connectivity index (χ4n) is 1.22. The zero-order valence-electron chi connectivity index (χ0n) is 5.54. The number of hydrogen-bond acceptors (Lipinski definition) is 1. The molecule has 2 heteroatoms. The van der Waals surface area contributed by atoms with Crippen LogP contribution in [0, 0.1) is 0 Å². The maximum atomic E-state index is 9.17. The molecule has 0 radical (unpaired) electrons. The molecule has 1 aromatic rings. The van der Waals surface area contributed by atoms with Crippen LogP contribution in [0.5, 0.6) is 0 Å². The van der Waals surface area contributed by atoms with Gasteiger partial charge in [0.2, 0.25) is 0 Å². The van der Waals surface area contributed by atoms with Crippen LogP contribution in [0.15, 0.2) is 12.3 Å². The van der Waals surface area contributed by atoms with E-state index in [1.165, 1.54) is 5.22 Å². The first-order valence-corrected chi connectivity index (χ1v) is 3.40. The number of fused-ring (bicyclic) bond motifs is 1. The lowest BCUT2D eigenvalue weighted by Crippen LogP contribution is -2.28. The number of aromatic nitrogens is 1. The zero-order chi connectivity index (χ0) is 6.97. The Bertz CT molecular complexity index is 336. The molecule has 1 aromatic heterocycles. The molecule has 1 unspecified atom stereocenters. The topological polar surface area (TPSA) is 36.0 Å². The Labute approximate surface area is 58.5 Å². The maximum absolute atomic E-state index is 9.17. The molecule has 10 heavy (non-hydrogen) atoms. The van der Waals surface area contributed by atoms with Gasteiger partial charge >= 0.3 is 0 Å². The predicted molar refractivity (Wildman–Crippen MR) is 39.6 cm³/mol. The Morgan fingerprint density at radius 2 is 2.50 bits per heavy atom. The summed E-state index contributed by atoms with van der Waals surface area (Å²) in [7, 11) is 0. The van der Waals surface area contributed by atoms with Gasteiger partial charge in [0.15, 0.2) is 0 Å². The SMILES string of the molecule is OC1C=c2[nH]ccc2=CC1. The van der Waals surface area contributed by atoms with Gasteiger partial charge in [-0.1, -0.05) is 6.08 Å². The highest BCUT2D eigenvalue weighted by Gasteiger charge is 2.01. The molecular weight excluding hydrogens is 126 g/mol. The van der Waals surface area contributed by atoms with Gasteiger partial charge in [0.1, 0.15) is 0 Å². The summed E-state index contributed by atoms with van der Waals surface area (Å²) in [6.45, 7) is 0. The Morgan fingerprint density at radius 1 is 1.60 bits per heavy atom. The monoisotopic (exact) mass is 135 g/mol. The summed E-state index contributed by atoms with van der Waals surface area (Å²) in [5.41, 5.74) is 0. The molecule has 0 amide bonds. The molecule has 0 saturated carbocycles. The molecule has 52 valence electrons. The summed E-state index contributed by atoms with van der Waals surface area (Å²) < 4.78 is 0. The Morgan fingerprint density at radius 3 is 3.40 bits per heavy atom. The van der Waals surface area contributed by atoms with Crippen molar-refractivity contribution >= 4 is 12.2 Å². The van der Waals surface area contributed by atoms with Crippen molar-refractivity contribution in [3.8, 4) is 0 Å². The van der Waals surface area contributed by atoms with Gasteiger partial charge in [-0.15, -0.1) is 0 Å². The minimum atomic E-state index is -0.300. The highest BCUT2D eigenvalue weighted by Crippen LogP contribution is 1.95. The van der Waals surface area contributed by atoms with Gasteiger partial charge in [0, 0.05) is 11.5 Å². The van der Waals surface area contributed by atoms with E-state index in [1.54, 1.807) is 0 Å². The van der Waals surface area contributed by atoms with Crippen molar-refractivity contribution in [1.82, 2.24) is 4.98 Å². The molecule has 2 rings (SSSR count). The molecule has 1 aliphatic rings. The van der Waals surface area contributed by atoms with E-state index in [4.69, 9.17) is 5.11 Å². The first kappa shape index (κ1) is 5.74. The summed E-state index contributed by atoms with van der Waals surface area (Å²) in [6.07, 6.45) is 6.21. The van der Waals surface area contributed by atoms with Crippen LogP contribution in [0.25, 0.3) is 12.2 Å². The Kier molecular flexibility index (Phi) is 1.14. The van der Waals surface area contributed by atoms with Crippen LogP contribution in [0.3, 0.4) is 0 Å². The Hall–Kier alpha value is -1.02. The summed E-state index contributed by atoms with van der Waals surface area (Å²) in [5.74, 6) is 0. The van der Waals surface area contributed by atoms with Crippen molar-refractivity contribution in [3.63, 3.8) is 0 Å². The summed E-state index contributed by atoms with van der Waals surface area (Å²) >= 11 is 0. The van der Waals surface area contributed by atoms with Crippen molar-refractivity contribution in [2.24, 2.45) is 0 Å². The third-order valence-electron chi connectivity index (χ3n) is 1.75. The molecule has 0 aromatic carbocycles. The minimum Gasteiger partial charge on any atom is -0.389 e. The van der Waals surface area contributed by atoms with E-state index < -0.39 is 0 Å². The molecule has 1 heterocycles. The average Bonchev–Trinajstić information content (AvgIpc) is 2.33. The smallest absolute Gasteiger partial charge is 0.0778 e. The van der Waals surface area contributed by atoms with Gasteiger partial charge in [-0.05, 0) is 23.8 Å². The van der Waals surface area contributed by atoms with Gasteiger partial charge in [0.05, 0.1) is 6.10 Å². The molecule has 2 nitrogen and oxygen atoms in total. The van der Waals surface area contributed by atoms with Crippen molar-refractivity contribution in [3.05, 3.63) is 22.8 Å². The molecule has 0 aliphatic heterocycles. The van der Waals surface area contributed by atoms with Gasteiger partial charge in [-0.25, -0.2) is 0 Å². The molecular formula is C8H9NO. The van der Waals surface area contributed by atoms with Gasteiger partial charge in [-0.3, -0.25) is 0 Å². The van der Waals surface area contributed by atoms with Crippen LogP contribution in [0.1, 0.15) is 6.42 Å². The lowest BCUT2D eigenvalue weighted by Gasteiger charge is -2.02. The summed E-state index contributed by atoms with van der Waals surface area (Å²) in [5, 5.41) is 11.4. The molecule has 0 saturated heterocycles. The summed E-state index contributed by atoms with van der Waals surface area (Å²) in [6, 6.07) is 2.01. The van der Waals surface area contributed by atoms with Gasteiger partial charge in [0.25, 0.3) is 0 Å². The molecule has 0 fully saturated rings. The number of rotatable bonds is 0. The zero-order valence-corrected chi connectivity index (χ0v) is 5.54. The number of H-pyrrole nitrogens is 1. The highest BCUT2D eigenvalue weighted by molar-refractivity contribution is 5.39. The highest BCUT2D eigenvalue weighted by atomic mass is 16.3. The molecule has 1 aliphatic carbocycles. The second-order valence-corrected chi connectivity index (χ2v) is 2.52. The fourth-order valence-corrected chi connectivity index (χ4v) is 1.22. The lowest BCUT2D eigenvalue weighted by molar-refractivity contribution is 0.244. The number of aliphatic hydroxyl groups is 1. The van der Waals surface area contributed by atoms with E-state index in [1.807, 2.05) is 24.4 Å². The quantitative estimate of drug-likeness (QED) is 0.487. The molecule has 2 N–H and O–H groups in total. The molecule has 0 bridgehead atoms. The third-order valence-corrected chi connectivity index (χ3v) is 1.75. The first-order chi connectivity index (χ1) is 4.86. The van der Waals surface area contributed by atoms with Crippen LogP contribution < -0.4 is 10.6 Å². The number of aromatic amines is 1. The van der Waals surface area contributed by atoms with Crippen LogP contribution in [-0.2, 0) is 0 Å². The number of hydrogen-bond donors (Lipinski definition) is 2. The van der Waals surface area contributed by atoms with E-state index in [0.717, 1.165) is 11.8 Å². The molecule has 1 atom stereocenters. The summed E-state index contributed by atoms with van der Waals surface area (Å²) in [4.78, 5) is 3.04. The van der Waals surface area contributed by atoms with E-state index >= 15 is 0 Å². The number of aliphatic hydroxyl groups excluding tert-OH is 1. The molecule has 0 spiro atoms. The van der Waals surface area contributed by atoms with E-state index in [-0.39, 0.29) is 6.10 Å². The minimum absolute atomic E-state index is 0.300. The predicted octanol–water partition coefficient (Wildman–Crippen LogP) is -0.660. The average molecular weight is 135 g/mol. The third kappa shape index (κ3) is 0.772. The van der Waals surface area contributed by atoms with Crippen molar-refractivity contribution in [2.75, 3.05) is 0 Å².